The van der Waals surface area contributed by atoms with Crippen LogP contribution < -0.4 is 0 Å². The summed E-state index contributed by atoms with van der Waals surface area (Å²) in [4.78, 5) is 13.7. The molecular weight excluding hydrogens is 258 g/mol. The molecule has 1 aliphatic rings. The molecule has 1 aromatic heterocycles. The first-order valence-electron chi connectivity index (χ1n) is 6.27. The summed E-state index contributed by atoms with van der Waals surface area (Å²) in [5.41, 5.74) is 1.78. The first-order chi connectivity index (χ1) is 9.74. The fourth-order valence-corrected chi connectivity index (χ4v) is 2.06. The van der Waals surface area contributed by atoms with Gasteiger partial charge in [-0.2, -0.15) is 0 Å². The van der Waals surface area contributed by atoms with Crippen molar-refractivity contribution in [2.45, 2.75) is 6.42 Å². The molecule has 0 radical (unpaired) electrons. The largest absolute Gasteiger partial charge is 0.465 e. The van der Waals surface area contributed by atoms with Crippen LogP contribution in [0, 0.1) is 0 Å². The van der Waals surface area contributed by atoms with Crippen LogP contribution in [0.5, 0.6) is 0 Å². The second-order valence-electron chi connectivity index (χ2n) is 4.45. The topological polar surface area (TPSA) is 84.1 Å². The Labute approximate surface area is 115 Å². The molecule has 2 aromatic rings. The van der Waals surface area contributed by atoms with E-state index >= 15 is 0 Å². The highest BCUT2D eigenvalue weighted by Gasteiger charge is 2.19. The Balaban J connectivity index is 1.80. The summed E-state index contributed by atoms with van der Waals surface area (Å²) in [5, 5.41) is 21.3. The molecule has 1 amide bonds. The van der Waals surface area contributed by atoms with Gasteiger partial charge in [-0.1, -0.05) is 24.3 Å². The fraction of sp³-hybridized carbons (Fsp3) is 0.231. The van der Waals surface area contributed by atoms with Gasteiger partial charge in [0.05, 0.1) is 5.69 Å². The molecule has 0 saturated heterocycles. The van der Waals surface area contributed by atoms with Gasteiger partial charge in [0, 0.05) is 18.7 Å². The van der Waals surface area contributed by atoms with Gasteiger partial charge in [0.1, 0.15) is 0 Å². The number of carbonyl (C=O) groups is 1. The Morgan fingerprint density at radius 1 is 1.25 bits per heavy atom. The minimum Gasteiger partial charge on any atom is -0.465 e. The molecule has 0 spiro atoms. The summed E-state index contributed by atoms with van der Waals surface area (Å²) in [5.74, 6) is 0.555. The highest BCUT2D eigenvalue weighted by atomic mass is 16.4. The van der Waals surface area contributed by atoms with Crippen molar-refractivity contribution in [1.29, 1.82) is 0 Å². The van der Waals surface area contributed by atoms with Crippen LogP contribution in [0.4, 0.5) is 4.79 Å². The Morgan fingerprint density at radius 3 is 2.70 bits per heavy atom. The molecule has 1 aromatic carbocycles. The monoisotopic (exact) mass is 271 g/mol. The molecule has 3 rings (SSSR count). The molecule has 2 heterocycles. The highest BCUT2D eigenvalue weighted by molar-refractivity contribution is 5.68. The molecule has 102 valence electrons. The normalized spacial score (nSPS) is 15.0. The average Bonchev–Trinajstić information content (AvgIpc) is 2.98. The second-order valence-corrected chi connectivity index (χ2v) is 4.45. The van der Waals surface area contributed by atoms with E-state index in [1.54, 1.807) is 0 Å². The number of tetrazole rings is 1. The van der Waals surface area contributed by atoms with E-state index in [2.05, 4.69) is 15.4 Å². The van der Waals surface area contributed by atoms with Gasteiger partial charge >= 0.3 is 6.09 Å². The predicted molar refractivity (Wildman–Crippen MR) is 71.3 cm³/mol. The molecule has 1 aliphatic heterocycles. The zero-order valence-electron chi connectivity index (χ0n) is 10.7. The van der Waals surface area contributed by atoms with E-state index in [9.17, 15) is 4.79 Å². The molecule has 0 unspecified atom stereocenters. The van der Waals surface area contributed by atoms with E-state index in [-0.39, 0.29) is 0 Å². The second kappa shape index (κ2) is 5.12. The fourth-order valence-electron chi connectivity index (χ4n) is 2.06. The van der Waals surface area contributed by atoms with Crippen LogP contribution >= 0.6 is 0 Å². The van der Waals surface area contributed by atoms with Crippen LogP contribution in [0.1, 0.15) is 12.2 Å². The summed E-state index contributed by atoms with van der Waals surface area (Å²) >= 11 is 0. The van der Waals surface area contributed by atoms with Gasteiger partial charge < -0.3 is 10.0 Å². The van der Waals surface area contributed by atoms with Gasteiger partial charge in [0.15, 0.2) is 0 Å². The van der Waals surface area contributed by atoms with E-state index in [4.69, 9.17) is 5.11 Å². The van der Waals surface area contributed by atoms with Crippen LogP contribution in [0.15, 0.2) is 36.4 Å². The molecule has 0 atom stereocenters. The van der Waals surface area contributed by atoms with Gasteiger partial charge in [-0.05, 0) is 23.8 Å². The Bertz CT molecular complexity index is 650. The summed E-state index contributed by atoms with van der Waals surface area (Å²) in [6.07, 6.45) is 1.54. The van der Waals surface area contributed by atoms with Gasteiger partial charge in [-0.3, -0.25) is 0 Å². The number of carboxylic acid groups (broad SMARTS) is 1. The smallest absolute Gasteiger partial charge is 0.407 e. The third-order valence-corrected chi connectivity index (χ3v) is 3.17. The van der Waals surface area contributed by atoms with Crippen molar-refractivity contribution in [3.05, 3.63) is 42.2 Å². The molecule has 20 heavy (non-hydrogen) atoms. The molecule has 1 N–H and O–H groups in total. The van der Waals surface area contributed by atoms with Gasteiger partial charge in [0.25, 0.3) is 0 Å². The lowest BCUT2D eigenvalue weighted by Crippen LogP contribution is -2.33. The molecular formula is C13H13N5O2. The molecule has 0 bridgehead atoms. The number of amides is 1. The Hall–Kier alpha value is -2.70. The Kier molecular flexibility index (Phi) is 3.16. The van der Waals surface area contributed by atoms with Crippen molar-refractivity contribution >= 4 is 11.7 Å². The lowest BCUT2D eigenvalue weighted by molar-refractivity contribution is 0.150. The molecule has 0 aliphatic carbocycles. The highest BCUT2D eigenvalue weighted by Crippen LogP contribution is 2.19. The number of hydrogen-bond acceptors (Lipinski definition) is 4. The zero-order chi connectivity index (χ0) is 13.9. The zero-order valence-corrected chi connectivity index (χ0v) is 10.7. The minimum absolute atomic E-state index is 0.366. The van der Waals surface area contributed by atoms with Gasteiger partial charge in [-0.25, -0.2) is 4.79 Å². The van der Waals surface area contributed by atoms with Crippen LogP contribution in [0.25, 0.3) is 11.3 Å². The first kappa shape index (κ1) is 12.3. The number of nitrogens with zero attached hydrogens (tertiary/aromatic N) is 5. The van der Waals surface area contributed by atoms with Crippen molar-refractivity contribution in [3.63, 3.8) is 0 Å². The maximum atomic E-state index is 10.8. The van der Waals surface area contributed by atoms with Gasteiger partial charge in [-0.15, -0.1) is 15.0 Å². The minimum atomic E-state index is -0.902. The van der Waals surface area contributed by atoms with Crippen molar-refractivity contribution in [2.24, 2.45) is 0 Å². The number of rotatable bonds is 2. The quantitative estimate of drug-likeness (QED) is 0.893. The molecule has 0 fully saturated rings. The van der Waals surface area contributed by atoms with E-state index in [0.717, 1.165) is 11.3 Å². The van der Waals surface area contributed by atoms with Gasteiger partial charge in [0.2, 0.25) is 5.82 Å². The van der Waals surface area contributed by atoms with Crippen LogP contribution in [-0.2, 0) is 0 Å². The standard InChI is InChI=1S/C13H13N5O2/c19-13(20)17-8-6-10(7-9-17)12-14-16-18(15-12)11-4-2-1-3-5-11/h1-6H,7-9H2,(H,19,20). The first-order valence-corrected chi connectivity index (χ1v) is 6.27. The van der Waals surface area contributed by atoms with Crippen molar-refractivity contribution in [1.82, 2.24) is 25.1 Å². The van der Waals surface area contributed by atoms with Crippen molar-refractivity contribution in [3.8, 4) is 5.69 Å². The molecule has 7 heteroatoms. The van der Waals surface area contributed by atoms with Crippen molar-refractivity contribution < 1.29 is 9.90 Å². The van der Waals surface area contributed by atoms with Crippen LogP contribution in [0.2, 0.25) is 0 Å². The van der Waals surface area contributed by atoms with Crippen molar-refractivity contribution in [2.75, 3.05) is 13.1 Å². The van der Waals surface area contributed by atoms with E-state index < -0.39 is 6.09 Å². The Morgan fingerprint density at radius 2 is 2.05 bits per heavy atom. The summed E-state index contributed by atoms with van der Waals surface area (Å²) < 4.78 is 0. The summed E-state index contributed by atoms with van der Waals surface area (Å²) in [7, 11) is 0. The third-order valence-electron chi connectivity index (χ3n) is 3.17. The molecule has 0 saturated carbocycles. The lowest BCUT2D eigenvalue weighted by Gasteiger charge is -2.22. The third kappa shape index (κ3) is 2.37. The van der Waals surface area contributed by atoms with E-state index in [0.29, 0.717) is 25.3 Å². The number of hydrogen-bond donors (Lipinski definition) is 1. The lowest BCUT2D eigenvalue weighted by atomic mass is 10.1. The number of aromatic nitrogens is 4. The number of benzene rings is 1. The molecule has 7 nitrogen and oxygen atoms in total. The average molecular weight is 271 g/mol. The summed E-state index contributed by atoms with van der Waals surface area (Å²) in [6, 6.07) is 9.52. The maximum absolute atomic E-state index is 10.8. The van der Waals surface area contributed by atoms with Crippen LogP contribution in [-0.4, -0.2) is 49.4 Å². The number of para-hydroxylation sites is 1. The van der Waals surface area contributed by atoms with E-state index in [1.807, 2.05) is 36.4 Å². The SMILES string of the molecule is O=C(O)N1CC=C(c2nnn(-c3ccccc3)n2)CC1. The van der Waals surface area contributed by atoms with E-state index in [1.165, 1.54) is 9.70 Å². The predicted octanol–water partition coefficient (Wildman–Crippen LogP) is 1.43. The maximum Gasteiger partial charge on any atom is 0.407 e. The van der Waals surface area contributed by atoms with Crippen LogP contribution in [0.3, 0.4) is 0 Å². The summed E-state index contributed by atoms with van der Waals surface area (Å²) in [6.45, 7) is 0.825.